The van der Waals surface area contributed by atoms with E-state index in [1.54, 1.807) is 12.1 Å². The molecular weight excluding hydrogens is 184 g/mol. The Morgan fingerprint density at radius 3 is 2.29 bits per heavy atom. The van der Waals surface area contributed by atoms with Crippen LogP contribution in [0.5, 0.6) is 0 Å². The van der Waals surface area contributed by atoms with Gasteiger partial charge < -0.3 is 15.7 Å². The molecule has 0 aromatic heterocycles. The van der Waals surface area contributed by atoms with Crippen molar-refractivity contribution < 1.29 is 20.5 Å². The summed E-state index contributed by atoms with van der Waals surface area (Å²) in [5.41, 5.74) is 1.69. The third-order valence-corrected chi connectivity index (χ3v) is 1.84. The van der Waals surface area contributed by atoms with Crippen molar-refractivity contribution in [2.45, 2.75) is 12.8 Å². The molecular formula is C10H14O4. The number of hydrogen-bond acceptors (Lipinski definition) is 2. The summed E-state index contributed by atoms with van der Waals surface area (Å²) in [7, 11) is 0. The van der Waals surface area contributed by atoms with Gasteiger partial charge in [0, 0.05) is 6.61 Å². The average molecular weight is 198 g/mol. The van der Waals surface area contributed by atoms with Crippen molar-refractivity contribution in [3.05, 3.63) is 35.4 Å². The molecule has 0 radical (unpaired) electrons. The van der Waals surface area contributed by atoms with Crippen LogP contribution in [0.2, 0.25) is 0 Å². The second-order valence-corrected chi connectivity index (χ2v) is 2.81. The Balaban J connectivity index is 0.00000169. The molecule has 0 unspecified atom stereocenters. The fourth-order valence-electron chi connectivity index (χ4n) is 1.26. The number of carboxylic acid groups (broad SMARTS) is 1. The summed E-state index contributed by atoms with van der Waals surface area (Å²) in [4.78, 5) is 10.5. The largest absolute Gasteiger partial charge is 0.481 e. The summed E-state index contributed by atoms with van der Waals surface area (Å²) in [5.74, 6) is -0.842. The van der Waals surface area contributed by atoms with Crippen molar-refractivity contribution in [3.8, 4) is 0 Å². The zero-order chi connectivity index (χ0) is 9.68. The normalized spacial score (nSPS) is 9.21. The summed E-state index contributed by atoms with van der Waals surface area (Å²) in [6.45, 7) is 0.0522. The second-order valence-electron chi connectivity index (χ2n) is 2.81. The van der Waals surface area contributed by atoms with Crippen molar-refractivity contribution in [1.29, 1.82) is 0 Å². The Morgan fingerprint density at radius 2 is 1.79 bits per heavy atom. The van der Waals surface area contributed by atoms with Gasteiger partial charge >= 0.3 is 5.97 Å². The van der Waals surface area contributed by atoms with Gasteiger partial charge in [0.2, 0.25) is 0 Å². The van der Waals surface area contributed by atoms with Gasteiger partial charge in [0.05, 0.1) is 6.42 Å². The average Bonchev–Trinajstić information content (AvgIpc) is 2.08. The zero-order valence-electron chi connectivity index (χ0n) is 7.73. The summed E-state index contributed by atoms with van der Waals surface area (Å²) in [5, 5.41) is 17.3. The number of aliphatic hydroxyl groups is 1. The minimum Gasteiger partial charge on any atom is -0.481 e. The number of carbonyl (C=O) groups is 1. The van der Waals surface area contributed by atoms with Gasteiger partial charge in [-0.1, -0.05) is 24.3 Å². The molecule has 78 valence electrons. The van der Waals surface area contributed by atoms with Crippen LogP contribution in [0.4, 0.5) is 0 Å². The van der Waals surface area contributed by atoms with Crippen LogP contribution in [0.15, 0.2) is 24.3 Å². The monoisotopic (exact) mass is 198 g/mol. The molecule has 0 aliphatic heterocycles. The van der Waals surface area contributed by atoms with Crippen LogP contribution in [0.3, 0.4) is 0 Å². The third kappa shape index (κ3) is 3.55. The first-order valence-electron chi connectivity index (χ1n) is 4.13. The first-order valence-corrected chi connectivity index (χ1v) is 4.13. The van der Waals surface area contributed by atoms with E-state index < -0.39 is 5.97 Å². The van der Waals surface area contributed by atoms with E-state index in [1.807, 2.05) is 12.1 Å². The topological polar surface area (TPSA) is 89.0 Å². The molecule has 1 rings (SSSR count). The van der Waals surface area contributed by atoms with Gasteiger partial charge in [-0.15, -0.1) is 0 Å². The highest BCUT2D eigenvalue weighted by Gasteiger charge is 2.04. The minimum atomic E-state index is -0.842. The lowest BCUT2D eigenvalue weighted by Gasteiger charge is -2.04. The van der Waals surface area contributed by atoms with E-state index >= 15 is 0 Å². The number of benzene rings is 1. The standard InChI is InChI=1S/C10H12O3.H2O/c11-6-5-8-3-1-2-4-9(8)7-10(12)13;/h1-4,11H,5-7H2,(H,12,13);1H2. The van der Waals surface area contributed by atoms with Gasteiger partial charge in [-0.25, -0.2) is 0 Å². The van der Waals surface area contributed by atoms with Crippen LogP contribution in [0.25, 0.3) is 0 Å². The van der Waals surface area contributed by atoms with Crippen molar-refractivity contribution in [3.63, 3.8) is 0 Å². The van der Waals surface area contributed by atoms with E-state index in [-0.39, 0.29) is 18.5 Å². The number of hydrogen-bond donors (Lipinski definition) is 2. The first kappa shape index (κ1) is 12.6. The van der Waals surface area contributed by atoms with E-state index in [0.29, 0.717) is 6.42 Å². The van der Waals surface area contributed by atoms with Gasteiger partial charge in [0.15, 0.2) is 0 Å². The van der Waals surface area contributed by atoms with Crippen LogP contribution in [0, 0.1) is 0 Å². The van der Waals surface area contributed by atoms with Gasteiger partial charge in [0.25, 0.3) is 0 Å². The van der Waals surface area contributed by atoms with Crippen molar-refractivity contribution in [2.75, 3.05) is 6.61 Å². The Hall–Kier alpha value is -1.39. The molecule has 4 heteroatoms. The van der Waals surface area contributed by atoms with Gasteiger partial charge in [0.1, 0.15) is 0 Å². The fourth-order valence-corrected chi connectivity index (χ4v) is 1.26. The molecule has 1 aromatic rings. The number of rotatable bonds is 4. The molecule has 0 aliphatic carbocycles. The molecule has 4 nitrogen and oxygen atoms in total. The smallest absolute Gasteiger partial charge is 0.307 e. The second kappa shape index (κ2) is 6.12. The molecule has 0 amide bonds. The highest BCUT2D eigenvalue weighted by molar-refractivity contribution is 5.70. The zero-order valence-corrected chi connectivity index (χ0v) is 7.73. The lowest BCUT2D eigenvalue weighted by atomic mass is 10.0. The molecule has 0 fully saturated rings. The highest BCUT2D eigenvalue weighted by atomic mass is 16.4. The van der Waals surface area contributed by atoms with Crippen LogP contribution in [-0.4, -0.2) is 28.3 Å². The SMILES string of the molecule is O.O=C(O)Cc1ccccc1CCO. The highest BCUT2D eigenvalue weighted by Crippen LogP contribution is 2.09. The molecule has 0 bridgehead atoms. The summed E-state index contributed by atoms with van der Waals surface area (Å²) < 4.78 is 0. The predicted octanol–water partition coefficient (Wildman–Crippen LogP) is 0.0238. The van der Waals surface area contributed by atoms with Gasteiger partial charge in [-0.05, 0) is 17.5 Å². The summed E-state index contributed by atoms with van der Waals surface area (Å²) >= 11 is 0. The van der Waals surface area contributed by atoms with E-state index in [2.05, 4.69) is 0 Å². The molecule has 0 aliphatic rings. The van der Waals surface area contributed by atoms with E-state index in [0.717, 1.165) is 11.1 Å². The van der Waals surface area contributed by atoms with E-state index in [9.17, 15) is 4.79 Å². The van der Waals surface area contributed by atoms with Crippen LogP contribution < -0.4 is 0 Å². The molecule has 0 saturated heterocycles. The molecule has 0 saturated carbocycles. The summed E-state index contributed by atoms with van der Waals surface area (Å²) in [6.07, 6.45) is 0.541. The van der Waals surface area contributed by atoms with Gasteiger partial charge in [-0.3, -0.25) is 4.79 Å². The van der Waals surface area contributed by atoms with Crippen molar-refractivity contribution in [1.82, 2.24) is 0 Å². The van der Waals surface area contributed by atoms with Crippen LogP contribution in [0.1, 0.15) is 11.1 Å². The number of aliphatic carboxylic acids is 1. The van der Waals surface area contributed by atoms with Crippen molar-refractivity contribution in [2.24, 2.45) is 0 Å². The maximum Gasteiger partial charge on any atom is 0.307 e. The Kier molecular flexibility index (Phi) is 5.52. The quantitative estimate of drug-likeness (QED) is 0.714. The maximum absolute atomic E-state index is 10.5. The molecule has 14 heavy (non-hydrogen) atoms. The lowest BCUT2D eigenvalue weighted by Crippen LogP contribution is -2.04. The maximum atomic E-state index is 10.5. The molecule has 1 aromatic carbocycles. The first-order chi connectivity index (χ1) is 6.24. The number of carboxylic acids is 1. The minimum absolute atomic E-state index is 0. The van der Waals surface area contributed by atoms with E-state index in [4.69, 9.17) is 10.2 Å². The molecule has 0 heterocycles. The Labute approximate surface area is 82.1 Å². The molecule has 0 atom stereocenters. The summed E-state index contributed by atoms with van der Waals surface area (Å²) in [6, 6.07) is 7.27. The lowest BCUT2D eigenvalue weighted by molar-refractivity contribution is -0.136. The predicted molar refractivity (Wildman–Crippen MR) is 52.2 cm³/mol. The fraction of sp³-hybridized carbons (Fsp3) is 0.300. The Bertz CT molecular complexity index is 296. The van der Waals surface area contributed by atoms with Crippen molar-refractivity contribution >= 4 is 5.97 Å². The number of aliphatic hydroxyl groups excluding tert-OH is 1. The van der Waals surface area contributed by atoms with Crippen LogP contribution in [-0.2, 0) is 17.6 Å². The molecule has 0 spiro atoms. The van der Waals surface area contributed by atoms with Gasteiger partial charge in [-0.2, -0.15) is 0 Å². The Morgan fingerprint density at radius 1 is 1.21 bits per heavy atom. The van der Waals surface area contributed by atoms with E-state index in [1.165, 1.54) is 0 Å². The van der Waals surface area contributed by atoms with Crippen LogP contribution >= 0.6 is 0 Å². The third-order valence-electron chi connectivity index (χ3n) is 1.84. The molecule has 4 N–H and O–H groups in total.